The van der Waals surface area contributed by atoms with Crippen molar-refractivity contribution < 1.29 is 5.11 Å². The molecule has 0 aliphatic rings. The average Bonchev–Trinajstić information content (AvgIpc) is 2.19. The quantitative estimate of drug-likeness (QED) is 0.638. The van der Waals surface area contributed by atoms with Crippen LogP contribution in [0.25, 0.3) is 0 Å². The highest BCUT2D eigenvalue weighted by Crippen LogP contribution is 2.30. The molecule has 0 aliphatic heterocycles. The highest BCUT2D eigenvalue weighted by molar-refractivity contribution is 6.35. The van der Waals surface area contributed by atoms with Gasteiger partial charge in [0.25, 0.3) is 0 Å². The van der Waals surface area contributed by atoms with E-state index in [1.807, 2.05) is 13.8 Å². The highest BCUT2D eigenvalue weighted by Gasteiger charge is 2.06. The number of rotatable bonds is 4. The molecule has 1 aromatic rings. The molecule has 0 saturated carbocycles. The number of phenolic OH excluding ortho intramolecular Hbond substituents is 1. The van der Waals surface area contributed by atoms with Crippen molar-refractivity contribution in [1.29, 1.82) is 0 Å². The molecular weight excluding hydrogens is 245 g/mol. The van der Waals surface area contributed by atoms with Crippen LogP contribution in [0.5, 0.6) is 5.75 Å². The minimum Gasteiger partial charge on any atom is -0.506 e. The maximum Gasteiger partial charge on any atom is 0.138 e. The summed E-state index contributed by atoms with van der Waals surface area (Å²) in [5.41, 5.74) is 1.96. The Balaban J connectivity index is 2.64. The second-order valence-corrected chi connectivity index (χ2v) is 4.65. The van der Waals surface area contributed by atoms with Gasteiger partial charge in [0.05, 0.1) is 5.02 Å². The Morgan fingerprint density at radius 3 is 2.69 bits per heavy atom. The van der Waals surface area contributed by atoms with Crippen molar-refractivity contribution in [3.63, 3.8) is 0 Å². The summed E-state index contributed by atoms with van der Waals surface area (Å²) in [6, 6.07) is 3.23. The SMILES string of the molecule is CC(C)=CCNCc1cc(Cl)cc(Cl)c1O. The van der Waals surface area contributed by atoms with Gasteiger partial charge < -0.3 is 10.4 Å². The molecule has 0 atom stereocenters. The van der Waals surface area contributed by atoms with Gasteiger partial charge in [-0.05, 0) is 26.0 Å². The van der Waals surface area contributed by atoms with Crippen LogP contribution in [0.2, 0.25) is 10.0 Å². The predicted octanol–water partition coefficient (Wildman–Crippen LogP) is 3.75. The van der Waals surface area contributed by atoms with Crippen LogP contribution >= 0.6 is 23.2 Å². The molecule has 4 heteroatoms. The monoisotopic (exact) mass is 259 g/mol. The van der Waals surface area contributed by atoms with Crippen LogP contribution in [0.15, 0.2) is 23.8 Å². The van der Waals surface area contributed by atoms with E-state index in [9.17, 15) is 5.11 Å². The van der Waals surface area contributed by atoms with E-state index >= 15 is 0 Å². The lowest BCUT2D eigenvalue weighted by Crippen LogP contribution is -2.13. The van der Waals surface area contributed by atoms with Crippen molar-refractivity contribution in [2.24, 2.45) is 0 Å². The van der Waals surface area contributed by atoms with Gasteiger partial charge in [0, 0.05) is 23.7 Å². The van der Waals surface area contributed by atoms with Gasteiger partial charge >= 0.3 is 0 Å². The molecule has 0 spiro atoms. The van der Waals surface area contributed by atoms with Gasteiger partial charge in [-0.1, -0.05) is 34.9 Å². The molecule has 1 aromatic carbocycles. The van der Waals surface area contributed by atoms with Gasteiger partial charge in [-0.3, -0.25) is 0 Å². The smallest absolute Gasteiger partial charge is 0.138 e. The first-order valence-electron chi connectivity index (χ1n) is 5.01. The highest BCUT2D eigenvalue weighted by atomic mass is 35.5. The first-order valence-corrected chi connectivity index (χ1v) is 5.77. The van der Waals surface area contributed by atoms with E-state index in [0.717, 1.165) is 6.54 Å². The van der Waals surface area contributed by atoms with E-state index in [2.05, 4.69) is 11.4 Å². The number of halogens is 2. The molecular formula is C12H15Cl2NO. The van der Waals surface area contributed by atoms with E-state index in [-0.39, 0.29) is 10.8 Å². The number of phenols is 1. The Morgan fingerprint density at radius 1 is 1.38 bits per heavy atom. The molecule has 16 heavy (non-hydrogen) atoms. The molecule has 0 amide bonds. The van der Waals surface area contributed by atoms with Crippen molar-refractivity contribution in [2.45, 2.75) is 20.4 Å². The molecule has 0 unspecified atom stereocenters. The summed E-state index contributed by atoms with van der Waals surface area (Å²) in [5.74, 6) is 0.0933. The molecule has 0 aromatic heterocycles. The molecule has 1 rings (SSSR count). The fourth-order valence-corrected chi connectivity index (χ4v) is 1.77. The lowest BCUT2D eigenvalue weighted by molar-refractivity contribution is 0.466. The zero-order valence-electron chi connectivity index (χ0n) is 9.35. The minimum atomic E-state index is 0.0933. The van der Waals surface area contributed by atoms with Crippen LogP contribution < -0.4 is 5.32 Å². The van der Waals surface area contributed by atoms with Crippen molar-refractivity contribution in [2.75, 3.05) is 6.54 Å². The summed E-state index contributed by atoms with van der Waals surface area (Å²) < 4.78 is 0. The summed E-state index contributed by atoms with van der Waals surface area (Å²) in [7, 11) is 0. The molecule has 0 fully saturated rings. The van der Waals surface area contributed by atoms with Crippen molar-refractivity contribution in [3.05, 3.63) is 39.4 Å². The maximum atomic E-state index is 9.68. The summed E-state index contributed by atoms with van der Waals surface area (Å²) in [4.78, 5) is 0. The third kappa shape index (κ3) is 4.05. The van der Waals surface area contributed by atoms with E-state index in [1.54, 1.807) is 6.07 Å². The maximum absolute atomic E-state index is 9.68. The molecule has 88 valence electrons. The first kappa shape index (κ1) is 13.4. The molecule has 0 aliphatic carbocycles. The lowest BCUT2D eigenvalue weighted by Gasteiger charge is -2.07. The minimum absolute atomic E-state index is 0.0933. The summed E-state index contributed by atoms with van der Waals surface area (Å²) in [6.45, 7) is 5.37. The van der Waals surface area contributed by atoms with Gasteiger partial charge in [0.1, 0.15) is 5.75 Å². The summed E-state index contributed by atoms with van der Waals surface area (Å²) in [5, 5.41) is 13.7. The Bertz CT molecular complexity index is 398. The molecule has 2 nitrogen and oxygen atoms in total. The van der Waals surface area contributed by atoms with E-state index in [1.165, 1.54) is 11.6 Å². The van der Waals surface area contributed by atoms with Crippen LogP contribution in [0, 0.1) is 0 Å². The van der Waals surface area contributed by atoms with Gasteiger partial charge in [0.2, 0.25) is 0 Å². The normalized spacial score (nSPS) is 10.2. The zero-order valence-corrected chi connectivity index (χ0v) is 10.9. The zero-order chi connectivity index (χ0) is 12.1. The van der Waals surface area contributed by atoms with Gasteiger partial charge in [-0.15, -0.1) is 0 Å². The van der Waals surface area contributed by atoms with Gasteiger partial charge in [-0.2, -0.15) is 0 Å². The van der Waals surface area contributed by atoms with Crippen LogP contribution in [-0.4, -0.2) is 11.7 Å². The Morgan fingerprint density at radius 2 is 2.06 bits per heavy atom. The topological polar surface area (TPSA) is 32.3 Å². The molecule has 0 bridgehead atoms. The second-order valence-electron chi connectivity index (χ2n) is 3.81. The number of allylic oxidation sites excluding steroid dienone is 1. The Labute approximate surface area is 106 Å². The molecule has 0 saturated heterocycles. The molecule has 0 radical (unpaired) electrons. The fourth-order valence-electron chi connectivity index (χ4n) is 1.24. The van der Waals surface area contributed by atoms with E-state index in [4.69, 9.17) is 23.2 Å². The van der Waals surface area contributed by atoms with Crippen molar-refractivity contribution in [1.82, 2.24) is 5.32 Å². The fraction of sp³-hybridized carbons (Fsp3) is 0.333. The van der Waals surface area contributed by atoms with Crippen LogP contribution in [0.4, 0.5) is 0 Å². The third-order valence-electron chi connectivity index (χ3n) is 2.08. The Kier molecular flexibility index (Phi) is 5.13. The average molecular weight is 260 g/mol. The third-order valence-corrected chi connectivity index (χ3v) is 2.58. The van der Waals surface area contributed by atoms with Crippen molar-refractivity contribution >= 4 is 23.2 Å². The number of hydrogen-bond donors (Lipinski definition) is 2. The standard InChI is InChI=1S/C12H15Cl2NO/c1-8(2)3-4-15-7-9-5-10(13)6-11(14)12(9)16/h3,5-6,15-16H,4,7H2,1-2H3. The Hall–Kier alpha value is -0.700. The van der Waals surface area contributed by atoms with Gasteiger partial charge in [0.15, 0.2) is 0 Å². The number of aromatic hydroxyl groups is 1. The van der Waals surface area contributed by atoms with Crippen LogP contribution in [0.3, 0.4) is 0 Å². The number of nitrogens with one attached hydrogen (secondary N) is 1. The van der Waals surface area contributed by atoms with Crippen LogP contribution in [-0.2, 0) is 6.54 Å². The number of benzene rings is 1. The largest absolute Gasteiger partial charge is 0.506 e. The lowest BCUT2D eigenvalue weighted by atomic mass is 10.2. The summed E-state index contributed by atoms with van der Waals surface area (Å²) in [6.07, 6.45) is 2.07. The first-order chi connectivity index (χ1) is 7.50. The molecule has 0 heterocycles. The predicted molar refractivity (Wildman–Crippen MR) is 69.3 cm³/mol. The number of hydrogen-bond acceptors (Lipinski definition) is 2. The second kappa shape index (κ2) is 6.14. The van der Waals surface area contributed by atoms with E-state index in [0.29, 0.717) is 17.1 Å². The van der Waals surface area contributed by atoms with Crippen LogP contribution in [0.1, 0.15) is 19.4 Å². The van der Waals surface area contributed by atoms with Gasteiger partial charge in [-0.25, -0.2) is 0 Å². The van der Waals surface area contributed by atoms with E-state index < -0.39 is 0 Å². The van der Waals surface area contributed by atoms with Crippen molar-refractivity contribution in [3.8, 4) is 5.75 Å². The molecule has 2 N–H and O–H groups in total. The summed E-state index contributed by atoms with van der Waals surface area (Å²) >= 11 is 11.7.